The van der Waals surface area contributed by atoms with Crippen molar-refractivity contribution in [2.75, 3.05) is 0 Å². The van der Waals surface area contributed by atoms with Crippen LogP contribution >= 0.6 is 0 Å². The van der Waals surface area contributed by atoms with E-state index in [1.165, 1.54) is 18.2 Å². The molecule has 1 aromatic rings. The van der Waals surface area contributed by atoms with E-state index in [-0.39, 0.29) is 11.2 Å². The van der Waals surface area contributed by atoms with Gasteiger partial charge in [0.2, 0.25) is 0 Å². The van der Waals surface area contributed by atoms with Crippen LogP contribution in [0.1, 0.15) is 44.3 Å². The lowest BCUT2D eigenvalue weighted by Crippen LogP contribution is -2.22. The van der Waals surface area contributed by atoms with Gasteiger partial charge in [0.15, 0.2) is 0 Å². The zero-order valence-electron chi connectivity index (χ0n) is 10.7. The van der Waals surface area contributed by atoms with Gasteiger partial charge < -0.3 is 9.84 Å². The van der Waals surface area contributed by atoms with E-state index in [0.717, 1.165) is 25.7 Å². The van der Waals surface area contributed by atoms with Gasteiger partial charge in [0, 0.05) is 0 Å². The Balaban J connectivity index is 2.18. The molecule has 2 rings (SSSR count). The Kier molecular flexibility index (Phi) is 3.76. The molecule has 19 heavy (non-hydrogen) atoms. The number of alkyl halides is 3. The fraction of sp³-hybridized carbons (Fsp3) is 0.571. The largest absolute Gasteiger partial charge is 0.573 e. The summed E-state index contributed by atoms with van der Waals surface area (Å²) in [5.41, 5.74) is 0.225. The van der Waals surface area contributed by atoms with Crippen LogP contribution in [0.15, 0.2) is 24.3 Å². The van der Waals surface area contributed by atoms with E-state index in [9.17, 15) is 18.3 Å². The molecule has 0 amide bonds. The van der Waals surface area contributed by atoms with Crippen molar-refractivity contribution in [2.24, 2.45) is 5.41 Å². The summed E-state index contributed by atoms with van der Waals surface area (Å²) in [4.78, 5) is 0. The molecule has 0 bridgehead atoms. The number of halogens is 3. The highest BCUT2D eigenvalue weighted by Gasteiger charge is 2.37. The van der Waals surface area contributed by atoms with Gasteiger partial charge in [-0.25, -0.2) is 0 Å². The molecule has 1 aliphatic rings. The van der Waals surface area contributed by atoms with Gasteiger partial charge in [0.25, 0.3) is 0 Å². The Morgan fingerprint density at radius 3 is 2.47 bits per heavy atom. The summed E-state index contributed by atoms with van der Waals surface area (Å²) in [6.07, 6.45) is -1.59. The van der Waals surface area contributed by atoms with Crippen molar-refractivity contribution in [1.82, 2.24) is 0 Å². The molecule has 1 unspecified atom stereocenters. The van der Waals surface area contributed by atoms with Crippen LogP contribution in [0, 0.1) is 5.41 Å². The highest BCUT2D eigenvalue weighted by Crippen LogP contribution is 2.47. The first kappa shape index (κ1) is 14.2. The number of aliphatic hydroxyl groups is 1. The second kappa shape index (κ2) is 5.04. The maximum absolute atomic E-state index is 12.2. The zero-order valence-corrected chi connectivity index (χ0v) is 10.7. The number of ether oxygens (including phenoxy) is 1. The van der Waals surface area contributed by atoms with Crippen molar-refractivity contribution in [3.63, 3.8) is 0 Å². The number of aliphatic hydroxyl groups excluding tert-OH is 1. The quantitative estimate of drug-likeness (QED) is 0.895. The van der Waals surface area contributed by atoms with Gasteiger partial charge in [-0.3, -0.25) is 0 Å². The second-order valence-electron chi connectivity index (χ2n) is 5.38. The minimum absolute atomic E-state index is 0.253. The van der Waals surface area contributed by atoms with E-state index in [2.05, 4.69) is 4.74 Å². The summed E-state index contributed by atoms with van der Waals surface area (Å²) in [6, 6.07) is 5.61. The van der Waals surface area contributed by atoms with E-state index in [0.29, 0.717) is 5.56 Å². The van der Waals surface area contributed by atoms with Crippen molar-refractivity contribution in [3.05, 3.63) is 29.8 Å². The standard InChI is InChI=1S/C14H17F3O2/c1-13(7-2-3-8-13)12(18)10-5-4-6-11(9-10)19-14(15,16)17/h4-6,9,12,18H,2-3,7-8H2,1H3. The van der Waals surface area contributed by atoms with E-state index in [1.807, 2.05) is 6.92 Å². The fourth-order valence-electron chi connectivity index (χ4n) is 2.74. The lowest BCUT2D eigenvalue weighted by atomic mass is 9.79. The van der Waals surface area contributed by atoms with Gasteiger partial charge in [0.05, 0.1) is 6.10 Å². The molecule has 1 aromatic carbocycles. The van der Waals surface area contributed by atoms with Gasteiger partial charge in [-0.2, -0.15) is 0 Å². The van der Waals surface area contributed by atoms with Crippen molar-refractivity contribution < 1.29 is 23.0 Å². The van der Waals surface area contributed by atoms with E-state index in [1.54, 1.807) is 6.07 Å². The third-order valence-electron chi connectivity index (χ3n) is 3.81. The number of rotatable bonds is 3. The Bertz CT molecular complexity index is 437. The monoisotopic (exact) mass is 274 g/mol. The van der Waals surface area contributed by atoms with Gasteiger partial charge in [-0.15, -0.1) is 13.2 Å². The number of hydrogen-bond acceptors (Lipinski definition) is 2. The molecule has 5 heteroatoms. The van der Waals surface area contributed by atoms with Crippen LogP contribution < -0.4 is 4.74 Å². The molecule has 0 heterocycles. The van der Waals surface area contributed by atoms with E-state index in [4.69, 9.17) is 0 Å². The molecule has 0 aromatic heterocycles. The average molecular weight is 274 g/mol. The van der Waals surface area contributed by atoms with Gasteiger partial charge in [0.1, 0.15) is 5.75 Å². The Morgan fingerprint density at radius 1 is 1.26 bits per heavy atom. The van der Waals surface area contributed by atoms with Gasteiger partial charge >= 0.3 is 6.36 Å². The summed E-state index contributed by atoms with van der Waals surface area (Å²) >= 11 is 0. The molecule has 1 saturated carbocycles. The molecule has 0 aliphatic heterocycles. The normalized spacial score (nSPS) is 20.3. The number of benzene rings is 1. The third kappa shape index (κ3) is 3.41. The zero-order chi connectivity index (χ0) is 14.1. The summed E-state index contributed by atoms with van der Waals surface area (Å²) in [5.74, 6) is -0.286. The molecule has 0 spiro atoms. The molecule has 106 valence electrons. The fourth-order valence-corrected chi connectivity index (χ4v) is 2.74. The first-order valence-corrected chi connectivity index (χ1v) is 6.34. The predicted octanol–water partition coefficient (Wildman–Crippen LogP) is 4.20. The molecule has 1 N–H and O–H groups in total. The summed E-state index contributed by atoms with van der Waals surface area (Å²) in [6.45, 7) is 1.97. The summed E-state index contributed by atoms with van der Waals surface area (Å²) in [5, 5.41) is 10.4. The average Bonchev–Trinajstić information content (AvgIpc) is 2.74. The van der Waals surface area contributed by atoms with Crippen molar-refractivity contribution in [2.45, 2.75) is 45.1 Å². The van der Waals surface area contributed by atoms with Crippen LogP contribution in [0.2, 0.25) is 0 Å². The SMILES string of the molecule is CC1(C(O)c2cccc(OC(F)(F)F)c2)CCCC1. The van der Waals surface area contributed by atoms with E-state index >= 15 is 0 Å². The molecule has 0 radical (unpaired) electrons. The Labute approximate surface area is 110 Å². The topological polar surface area (TPSA) is 29.5 Å². The van der Waals surface area contributed by atoms with Crippen LogP contribution in [0.5, 0.6) is 5.75 Å². The van der Waals surface area contributed by atoms with Crippen molar-refractivity contribution in [1.29, 1.82) is 0 Å². The second-order valence-corrected chi connectivity index (χ2v) is 5.38. The maximum Gasteiger partial charge on any atom is 0.573 e. The number of hydrogen-bond donors (Lipinski definition) is 1. The highest BCUT2D eigenvalue weighted by molar-refractivity contribution is 5.31. The molecule has 1 aliphatic carbocycles. The van der Waals surface area contributed by atoms with Crippen LogP contribution in [0.25, 0.3) is 0 Å². The van der Waals surface area contributed by atoms with Crippen molar-refractivity contribution >= 4 is 0 Å². The van der Waals surface area contributed by atoms with Crippen LogP contribution in [-0.4, -0.2) is 11.5 Å². The van der Waals surface area contributed by atoms with Gasteiger partial charge in [-0.1, -0.05) is 31.9 Å². The maximum atomic E-state index is 12.2. The molecular weight excluding hydrogens is 257 g/mol. The van der Waals surface area contributed by atoms with Crippen LogP contribution in [0.4, 0.5) is 13.2 Å². The lowest BCUT2D eigenvalue weighted by Gasteiger charge is -2.30. The lowest BCUT2D eigenvalue weighted by molar-refractivity contribution is -0.274. The molecule has 0 saturated heterocycles. The van der Waals surface area contributed by atoms with Crippen LogP contribution in [-0.2, 0) is 0 Å². The first-order chi connectivity index (χ1) is 8.80. The summed E-state index contributed by atoms with van der Waals surface area (Å²) in [7, 11) is 0. The molecular formula is C14H17F3O2. The smallest absolute Gasteiger partial charge is 0.406 e. The van der Waals surface area contributed by atoms with Crippen LogP contribution in [0.3, 0.4) is 0 Å². The molecule has 1 fully saturated rings. The predicted molar refractivity (Wildman–Crippen MR) is 64.7 cm³/mol. The third-order valence-corrected chi connectivity index (χ3v) is 3.81. The van der Waals surface area contributed by atoms with E-state index < -0.39 is 12.5 Å². The molecule has 1 atom stereocenters. The molecule has 2 nitrogen and oxygen atoms in total. The Hall–Kier alpha value is -1.23. The highest BCUT2D eigenvalue weighted by atomic mass is 19.4. The van der Waals surface area contributed by atoms with Gasteiger partial charge in [-0.05, 0) is 36.0 Å². The van der Waals surface area contributed by atoms with Crippen molar-refractivity contribution in [3.8, 4) is 5.75 Å². The Morgan fingerprint density at radius 2 is 1.89 bits per heavy atom. The summed E-state index contributed by atoms with van der Waals surface area (Å²) < 4.78 is 40.4. The minimum Gasteiger partial charge on any atom is -0.406 e. The first-order valence-electron chi connectivity index (χ1n) is 6.34. The minimum atomic E-state index is -4.71.